The van der Waals surface area contributed by atoms with Gasteiger partial charge in [0.2, 0.25) is 5.91 Å². The van der Waals surface area contributed by atoms with Gasteiger partial charge in [-0.1, -0.05) is 29.8 Å². The molecule has 1 aliphatic rings. The fourth-order valence-corrected chi connectivity index (χ4v) is 2.69. The number of hydrogen-bond acceptors (Lipinski definition) is 4. The van der Waals surface area contributed by atoms with E-state index >= 15 is 0 Å². The zero-order valence-corrected chi connectivity index (χ0v) is 13.4. The van der Waals surface area contributed by atoms with Gasteiger partial charge >= 0.3 is 5.97 Å². The van der Waals surface area contributed by atoms with Crippen LogP contribution in [0, 0.1) is 0 Å². The maximum atomic E-state index is 12.1. The van der Waals surface area contributed by atoms with Crippen LogP contribution in [0.25, 0.3) is 0 Å². The van der Waals surface area contributed by atoms with Crippen molar-refractivity contribution in [3.05, 3.63) is 34.9 Å². The molecular weight excluding hydrogens is 322 g/mol. The number of hydrogen-bond donors (Lipinski definition) is 2. The van der Waals surface area contributed by atoms with Gasteiger partial charge in [0.1, 0.15) is 6.61 Å². The van der Waals surface area contributed by atoms with Gasteiger partial charge in [0.25, 0.3) is 0 Å². The zero-order chi connectivity index (χ0) is 16.7. The van der Waals surface area contributed by atoms with Crippen molar-refractivity contribution in [2.75, 3.05) is 19.8 Å². The van der Waals surface area contributed by atoms with Gasteiger partial charge in [-0.2, -0.15) is 0 Å². The number of aliphatic carboxylic acids is 1. The number of amides is 1. The molecule has 2 rings (SSSR count). The van der Waals surface area contributed by atoms with E-state index in [1.54, 1.807) is 6.07 Å². The Kier molecular flexibility index (Phi) is 6.83. The molecule has 1 heterocycles. The predicted octanol–water partition coefficient (Wildman–Crippen LogP) is 1.65. The normalized spacial score (nSPS) is 20.9. The van der Waals surface area contributed by atoms with E-state index in [4.69, 9.17) is 26.2 Å². The molecule has 0 aromatic heterocycles. The Morgan fingerprint density at radius 3 is 2.91 bits per heavy atom. The fraction of sp³-hybridized carbons (Fsp3) is 0.500. The quantitative estimate of drug-likeness (QED) is 0.787. The Labute approximate surface area is 139 Å². The average Bonchev–Trinajstić information content (AvgIpc) is 2.53. The topological polar surface area (TPSA) is 84.9 Å². The van der Waals surface area contributed by atoms with Crippen LogP contribution in [0.5, 0.6) is 0 Å². The van der Waals surface area contributed by atoms with Crippen LogP contribution in [0.1, 0.15) is 18.4 Å². The van der Waals surface area contributed by atoms with Gasteiger partial charge in [0.05, 0.1) is 18.8 Å². The molecule has 1 amide bonds. The Bertz CT molecular complexity index is 551. The third-order valence-corrected chi connectivity index (χ3v) is 4.01. The van der Waals surface area contributed by atoms with Gasteiger partial charge in [-0.05, 0) is 24.5 Å². The van der Waals surface area contributed by atoms with E-state index < -0.39 is 5.97 Å². The molecule has 2 atom stereocenters. The molecule has 7 heteroatoms. The van der Waals surface area contributed by atoms with Crippen molar-refractivity contribution in [2.45, 2.75) is 31.4 Å². The number of carbonyl (C=O) groups is 2. The number of carbonyl (C=O) groups excluding carboxylic acids is 1. The Morgan fingerprint density at radius 1 is 1.39 bits per heavy atom. The Morgan fingerprint density at radius 2 is 2.17 bits per heavy atom. The van der Waals surface area contributed by atoms with Crippen molar-refractivity contribution >= 4 is 23.5 Å². The molecule has 1 aromatic carbocycles. The van der Waals surface area contributed by atoms with Crippen LogP contribution in [0.15, 0.2) is 24.3 Å². The maximum Gasteiger partial charge on any atom is 0.329 e. The van der Waals surface area contributed by atoms with E-state index in [1.807, 2.05) is 18.2 Å². The summed E-state index contributed by atoms with van der Waals surface area (Å²) in [5, 5.41) is 12.2. The van der Waals surface area contributed by atoms with Gasteiger partial charge in [-0.25, -0.2) is 4.79 Å². The SMILES string of the molecule is O=C(O)CO[C@H]1CCOC[C@H]1NC(=O)CCc1ccccc1Cl. The molecule has 126 valence electrons. The minimum atomic E-state index is -1.03. The summed E-state index contributed by atoms with van der Waals surface area (Å²) >= 11 is 6.07. The fourth-order valence-electron chi connectivity index (χ4n) is 2.46. The first kappa shape index (κ1) is 17.7. The summed E-state index contributed by atoms with van der Waals surface area (Å²) in [4.78, 5) is 22.7. The van der Waals surface area contributed by atoms with Gasteiger partial charge in [-0.15, -0.1) is 0 Å². The number of benzene rings is 1. The first-order valence-electron chi connectivity index (χ1n) is 7.50. The lowest BCUT2D eigenvalue weighted by atomic mass is 10.1. The van der Waals surface area contributed by atoms with Crippen molar-refractivity contribution in [1.82, 2.24) is 5.32 Å². The lowest BCUT2D eigenvalue weighted by Gasteiger charge is -2.31. The van der Waals surface area contributed by atoms with E-state index in [2.05, 4.69) is 5.32 Å². The predicted molar refractivity (Wildman–Crippen MR) is 84.5 cm³/mol. The summed E-state index contributed by atoms with van der Waals surface area (Å²) in [6, 6.07) is 7.07. The number of ether oxygens (including phenoxy) is 2. The standard InChI is InChI=1S/C16H20ClNO5/c17-12-4-2-1-3-11(12)5-6-15(19)18-13-9-22-8-7-14(13)23-10-16(20)21/h1-4,13-14H,5-10H2,(H,18,19)(H,20,21)/t13-,14+/m1/s1. The Hall–Kier alpha value is -1.63. The molecular formula is C16H20ClNO5. The second-order valence-corrected chi connectivity index (χ2v) is 5.78. The minimum absolute atomic E-state index is 0.135. The lowest BCUT2D eigenvalue weighted by Crippen LogP contribution is -2.51. The lowest BCUT2D eigenvalue weighted by molar-refractivity contribution is -0.148. The highest BCUT2D eigenvalue weighted by atomic mass is 35.5. The van der Waals surface area contributed by atoms with Crippen LogP contribution in [-0.4, -0.2) is 48.9 Å². The summed E-state index contributed by atoms with van der Waals surface area (Å²) in [6.45, 7) is 0.440. The molecule has 23 heavy (non-hydrogen) atoms. The molecule has 0 spiro atoms. The number of carboxylic acid groups (broad SMARTS) is 1. The van der Waals surface area contributed by atoms with Gasteiger partial charge in [0.15, 0.2) is 0 Å². The van der Waals surface area contributed by atoms with Crippen LogP contribution in [-0.2, 0) is 25.5 Å². The largest absolute Gasteiger partial charge is 0.480 e. The van der Waals surface area contributed by atoms with Crippen LogP contribution >= 0.6 is 11.6 Å². The molecule has 1 aliphatic heterocycles. The van der Waals surface area contributed by atoms with Crippen LogP contribution < -0.4 is 5.32 Å². The zero-order valence-electron chi connectivity index (χ0n) is 12.7. The summed E-state index contributed by atoms with van der Waals surface area (Å²) in [6.07, 6.45) is 1.05. The molecule has 0 saturated carbocycles. The monoisotopic (exact) mass is 341 g/mol. The van der Waals surface area contributed by atoms with E-state index in [0.29, 0.717) is 37.5 Å². The molecule has 1 aromatic rings. The van der Waals surface area contributed by atoms with Crippen molar-refractivity contribution in [2.24, 2.45) is 0 Å². The second kappa shape index (κ2) is 8.86. The van der Waals surface area contributed by atoms with Gasteiger partial charge in [-0.3, -0.25) is 4.79 Å². The van der Waals surface area contributed by atoms with Crippen molar-refractivity contribution in [1.29, 1.82) is 0 Å². The van der Waals surface area contributed by atoms with E-state index in [9.17, 15) is 9.59 Å². The smallest absolute Gasteiger partial charge is 0.329 e. The first-order chi connectivity index (χ1) is 11.1. The average molecular weight is 342 g/mol. The highest BCUT2D eigenvalue weighted by molar-refractivity contribution is 6.31. The number of nitrogens with one attached hydrogen (secondary N) is 1. The van der Waals surface area contributed by atoms with Crippen LogP contribution in [0.4, 0.5) is 0 Å². The minimum Gasteiger partial charge on any atom is -0.480 e. The van der Waals surface area contributed by atoms with E-state index in [-0.39, 0.29) is 24.7 Å². The maximum absolute atomic E-state index is 12.1. The molecule has 6 nitrogen and oxygen atoms in total. The number of aryl methyl sites for hydroxylation is 1. The van der Waals surface area contributed by atoms with E-state index in [1.165, 1.54) is 0 Å². The number of halogens is 1. The van der Waals surface area contributed by atoms with Crippen LogP contribution in [0.2, 0.25) is 5.02 Å². The molecule has 1 saturated heterocycles. The molecule has 1 fully saturated rings. The molecule has 0 aliphatic carbocycles. The molecule has 0 unspecified atom stereocenters. The number of carboxylic acids is 1. The van der Waals surface area contributed by atoms with Crippen LogP contribution in [0.3, 0.4) is 0 Å². The van der Waals surface area contributed by atoms with Crippen molar-refractivity contribution < 1.29 is 24.2 Å². The molecule has 0 bridgehead atoms. The highest BCUT2D eigenvalue weighted by Gasteiger charge is 2.28. The number of rotatable bonds is 7. The summed E-state index contributed by atoms with van der Waals surface area (Å²) in [7, 11) is 0. The van der Waals surface area contributed by atoms with Gasteiger partial charge < -0.3 is 19.9 Å². The first-order valence-corrected chi connectivity index (χ1v) is 7.88. The summed E-state index contributed by atoms with van der Waals surface area (Å²) in [5.74, 6) is -1.16. The third kappa shape index (κ3) is 5.82. The van der Waals surface area contributed by atoms with Gasteiger partial charge in [0, 0.05) is 18.1 Å². The van der Waals surface area contributed by atoms with E-state index in [0.717, 1.165) is 5.56 Å². The summed E-state index contributed by atoms with van der Waals surface area (Å²) in [5.41, 5.74) is 0.919. The molecule has 2 N–H and O–H groups in total. The highest BCUT2D eigenvalue weighted by Crippen LogP contribution is 2.17. The third-order valence-electron chi connectivity index (χ3n) is 3.64. The molecule has 0 radical (unpaired) electrons. The van der Waals surface area contributed by atoms with Crippen molar-refractivity contribution in [3.63, 3.8) is 0 Å². The second-order valence-electron chi connectivity index (χ2n) is 5.37. The van der Waals surface area contributed by atoms with Crippen molar-refractivity contribution in [3.8, 4) is 0 Å². The Balaban J connectivity index is 1.82. The summed E-state index contributed by atoms with van der Waals surface area (Å²) < 4.78 is 10.7.